The van der Waals surface area contributed by atoms with E-state index in [1.807, 2.05) is 24.4 Å². The highest BCUT2D eigenvalue weighted by Crippen LogP contribution is 2.25. The summed E-state index contributed by atoms with van der Waals surface area (Å²) in [4.78, 5) is 13.2. The molecule has 1 atom stereocenters. The lowest BCUT2D eigenvalue weighted by molar-refractivity contribution is 0.177. The Morgan fingerprint density at radius 2 is 2.36 bits per heavy atom. The van der Waals surface area contributed by atoms with Crippen LogP contribution in [-0.2, 0) is 22.6 Å². The topological polar surface area (TPSA) is 69.2 Å². The van der Waals surface area contributed by atoms with Gasteiger partial charge in [-0.05, 0) is 18.1 Å². The smallest absolute Gasteiger partial charge is 0.156 e. The molecule has 0 saturated carbocycles. The van der Waals surface area contributed by atoms with Crippen LogP contribution in [0.25, 0.3) is 0 Å². The predicted molar refractivity (Wildman–Crippen MR) is 82.5 cm³/mol. The van der Waals surface area contributed by atoms with E-state index in [0.29, 0.717) is 24.9 Å². The fraction of sp³-hybridized carbons (Fsp3) is 0.438. The second kappa shape index (κ2) is 7.29. The highest BCUT2D eigenvalue weighted by molar-refractivity contribution is 5.38. The van der Waals surface area contributed by atoms with Gasteiger partial charge >= 0.3 is 0 Å². The van der Waals surface area contributed by atoms with Gasteiger partial charge in [-0.15, -0.1) is 0 Å². The summed E-state index contributed by atoms with van der Waals surface area (Å²) in [5, 5.41) is 3.34. The lowest BCUT2D eigenvalue weighted by atomic mass is 10.0. The van der Waals surface area contributed by atoms with Crippen LogP contribution in [0.5, 0.6) is 0 Å². The highest BCUT2D eigenvalue weighted by atomic mass is 16.5. The molecule has 0 aliphatic carbocycles. The van der Waals surface area contributed by atoms with Crippen LogP contribution < -0.4 is 5.32 Å². The molecule has 6 nitrogen and oxygen atoms in total. The lowest BCUT2D eigenvalue weighted by Crippen LogP contribution is -2.10. The number of pyridine rings is 1. The van der Waals surface area contributed by atoms with Crippen molar-refractivity contribution in [3.63, 3.8) is 0 Å². The van der Waals surface area contributed by atoms with Crippen LogP contribution in [0.15, 0.2) is 30.6 Å². The molecule has 0 amide bonds. The average Bonchev–Trinajstić information content (AvgIpc) is 3.09. The Bertz CT molecular complexity index is 600. The van der Waals surface area contributed by atoms with Crippen molar-refractivity contribution < 1.29 is 9.47 Å². The van der Waals surface area contributed by atoms with E-state index in [1.54, 1.807) is 13.3 Å². The van der Waals surface area contributed by atoms with Gasteiger partial charge < -0.3 is 14.8 Å². The number of ether oxygens (including phenoxy) is 2. The first-order chi connectivity index (χ1) is 10.8. The molecular formula is C16H20N4O2. The average molecular weight is 300 g/mol. The van der Waals surface area contributed by atoms with E-state index >= 15 is 0 Å². The first-order valence-corrected chi connectivity index (χ1v) is 7.42. The van der Waals surface area contributed by atoms with Crippen LogP contribution in [0.3, 0.4) is 0 Å². The molecule has 1 fully saturated rings. The fourth-order valence-electron chi connectivity index (χ4n) is 2.47. The molecule has 0 radical (unpaired) electrons. The monoisotopic (exact) mass is 300 g/mol. The third-order valence-electron chi connectivity index (χ3n) is 3.61. The molecule has 2 aromatic rings. The van der Waals surface area contributed by atoms with Gasteiger partial charge in [-0.2, -0.15) is 0 Å². The molecule has 116 valence electrons. The van der Waals surface area contributed by atoms with Gasteiger partial charge in [0.2, 0.25) is 0 Å². The van der Waals surface area contributed by atoms with Crippen molar-refractivity contribution in [2.45, 2.75) is 25.5 Å². The maximum Gasteiger partial charge on any atom is 0.156 e. The molecule has 1 saturated heterocycles. The van der Waals surface area contributed by atoms with Crippen LogP contribution in [0.4, 0.5) is 5.82 Å². The Morgan fingerprint density at radius 3 is 3.09 bits per heavy atom. The molecule has 6 heteroatoms. The Morgan fingerprint density at radius 1 is 1.41 bits per heavy atom. The Balaban J connectivity index is 1.76. The zero-order valence-electron chi connectivity index (χ0n) is 12.7. The maximum atomic E-state index is 5.46. The normalized spacial score (nSPS) is 17.6. The van der Waals surface area contributed by atoms with E-state index in [9.17, 15) is 0 Å². The van der Waals surface area contributed by atoms with Gasteiger partial charge in [0.1, 0.15) is 12.4 Å². The first kappa shape index (κ1) is 14.9. The summed E-state index contributed by atoms with van der Waals surface area (Å²) in [6.45, 7) is 2.61. The van der Waals surface area contributed by atoms with Gasteiger partial charge in [-0.25, -0.2) is 9.97 Å². The number of hydrogen-bond acceptors (Lipinski definition) is 6. The number of anilines is 1. The number of aromatic nitrogens is 3. The minimum absolute atomic E-state index is 0.345. The van der Waals surface area contributed by atoms with E-state index in [2.05, 4.69) is 20.3 Å². The summed E-state index contributed by atoms with van der Waals surface area (Å²) in [6.07, 6.45) is 4.62. The Labute approximate surface area is 129 Å². The van der Waals surface area contributed by atoms with E-state index in [0.717, 1.165) is 36.7 Å². The minimum Gasteiger partial charge on any atom is -0.381 e. The van der Waals surface area contributed by atoms with Crippen molar-refractivity contribution in [3.05, 3.63) is 47.7 Å². The molecule has 0 unspecified atom stereocenters. The van der Waals surface area contributed by atoms with Crippen molar-refractivity contribution in [2.75, 3.05) is 25.6 Å². The molecule has 0 spiro atoms. The molecule has 1 N–H and O–H groups in total. The van der Waals surface area contributed by atoms with Crippen molar-refractivity contribution in [3.8, 4) is 0 Å². The number of hydrogen-bond donors (Lipinski definition) is 1. The molecule has 3 heterocycles. The summed E-state index contributed by atoms with van der Waals surface area (Å²) >= 11 is 0. The molecule has 22 heavy (non-hydrogen) atoms. The van der Waals surface area contributed by atoms with E-state index in [4.69, 9.17) is 9.47 Å². The van der Waals surface area contributed by atoms with E-state index < -0.39 is 0 Å². The molecule has 0 bridgehead atoms. The van der Waals surface area contributed by atoms with Gasteiger partial charge in [-0.1, -0.05) is 6.07 Å². The van der Waals surface area contributed by atoms with Crippen LogP contribution in [0, 0.1) is 0 Å². The molecule has 0 aromatic carbocycles. The SMILES string of the molecule is COCc1nc(NCc2cccnc2)cc([C@@H]2CCOC2)n1. The van der Waals surface area contributed by atoms with Gasteiger partial charge in [-0.3, -0.25) is 4.98 Å². The first-order valence-electron chi connectivity index (χ1n) is 7.42. The largest absolute Gasteiger partial charge is 0.381 e. The molecule has 2 aromatic heterocycles. The highest BCUT2D eigenvalue weighted by Gasteiger charge is 2.20. The summed E-state index contributed by atoms with van der Waals surface area (Å²) in [5.74, 6) is 1.85. The number of methoxy groups -OCH3 is 1. The van der Waals surface area contributed by atoms with Crippen molar-refractivity contribution in [1.29, 1.82) is 0 Å². The van der Waals surface area contributed by atoms with Gasteiger partial charge in [0.15, 0.2) is 5.82 Å². The van der Waals surface area contributed by atoms with Crippen molar-refractivity contribution >= 4 is 5.82 Å². The Kier molecular flexibility index (Phi) is 4.92. The summed E-state index contributed by atoms with van der Waals surface area (Å²) in [6, 6.07) is 5.96. The van der Waals surface area contributed by atoms with E-state index in [1.165, 1.54) is 0 Å². The summed E-state index contributed by atoms with van der Waals surface area (Å²) in [5.41, 5.74) is 2.13. The third kappa shape index (κ3) is 3.78. The lowest BCUT2D eigenvalue weighted by Gasteiger charge is -2.12. The van der Waals surface area contributed by atoms with Gasteiger partial charge in [0.05, 0.1) is 12.3 Å². The molecule has 3 rings (SSSR count). The second-order valence-corrected chi connectivity index (χ2v) is 5.30. The second-order valence-electron chi connectivity index (χ2n) is 5.30. The molecule has 1 aliphatic heterocycles. The van der Waals surface area contributed by atoms with Crippen molar-refractivity contribution in [1.82, 2.24) is 15.0 Å². The zero-order chi connectivity index (χ0) is 15.2. The summed E-state index contributed by atoms with van der Waals surface area (Å²) in [7, 11) is 1.65. The zero-order valence-corrected chi connectivity index (χ0v) is 12.7. The van der Waals surface area contributed by atoms with Crippen LogP contribution >= 0.6 is 0 Å². The van der Waals surface area contributed by atoms with Crippen LogP contribution in [0.2, 0.25) is 0 Å². The van der Waals surface area contributed by atoms with Crippen molar-refractivity contribution in [2.24, 2.45) is 0 Å². The number of nitrogens with zero attached hydrogens (tertiary/aromatic N) is 3. The summed E-state index contributed by atoms with van der Waals surface area (Å²) < 4.78 is 10.6. The standard InChI is InChI=1S/C16H20N4O2/c1-21-11-16-19-14(13-4-6-22-10-13)7-15(20-16)18-9-12-3-2-5-17-8-12/h2-3,5,7-8,13H,4,6,9-11H2,1H3,(H,18,19,20)/t13-/m1/s1. The van der Waals surface area contributed by atoms with Gasteiger partial charge in [0, 0.05) is 44.6 Å². The van der Waals surface area contributed by atoms with Crippen LogP contribution in [-0.4, -0.2) is 35.3 Å². The predicted octanol–water partition coefficient (Wildman–Crippen LogP) is 2.13. The third-order valence-corrected chi connectivity index (χ3v) is 3.61. The molecular weight excluding hydrogens is 280 g/mol. The van der Waals surface area contributed by atoms with Crippen LogP contribution in [0.1, 0.15) is 29.4 Å². The van der Waals surface area contributed by atoms with E-state index in [-0.39, 0.29) is 0 Å². The number of nitrogens with one attached hydrogen (secondary N) is 1. The number of rotatable bonds is 6. The maximum absolute atomic E-state index is 5.46. The Hall–Kier alpha value is -2.05. The minimum atomic E-state index is 0.345. The van der Waals surface area contributed by atoms with Gasteiger partial charge in [0.25, 0.3) is 0 Å². The fourth-order valence-corrected chi connectivity index (χ4v) is 2.47. The quantitative estimate of drug-likeness (QED) is 0.881. The molecule has 1 aliphatic rings.